The highest BCUT2D eigenvalue weighted by molar-refractivity contribution is 5.90. The average Bonchev–Trinajstić information content (AvgIpc) is 2.76. The van der Waals surface area contributed by atoms with Gasteiger partial charge in [0.2, 0.25) is 0 Å². The highest BCUT2D eigenvalue weighted by Crippen LogP contribution is 2.02. The lowest BCUT2D eigenvalue weighted by Crippen LogP contribution is -2.14. The molecule has 0 unspecified atom stereocenters. The number of primary amides is 1. The van der Waals surface area contributed by atoms with Crippen molar-refractivity contribution in [3.8, 4) is 0 Å². The van der Waals surface area contributed by atoms with Crippen LogP contribution in [0.4, 0.5) is 5.82 Å². The van der Waals surface area contributed by atoms with Crippen LogP contribution in [0.5, 0.6) is 0 Å². The van der Waals surface area contributed by atoms with Crippen molar-refractivity contribution in [2.24, 2.45) is 12.8 Å². The molecular weight excluding hydrogens is 232 g/mol. The fourth-order valence-corrected chi connectivity index (χ4v) is 1.47. The molecule has 0 aromatic carbocycles. The maximum atomic E-state index is 10.8. The molecular formula is C11H14N6O. The normalized spacial score (nSPS) is 10.3. The third kappa shape index (κ3) is 3.03. The van der Waals surface area contributed by atoms with Crippen molar-refractivity contribution in [3.05, 3.63) is 35.8 Å². The molecule has 0 fully saturated rings. The summed E-state index contributed by atoms with van der Waals surface area (Å²) in [4.78, 5) is 10.8. The minimum absolute atomic E-state index is 0.158. The van der Waals surface area contributed by atoms with Crippen molar-refractivity contribution in [2.75, 3.05) is 11.9 Å². The van der Waals surface area contributed by atoms with Crippen LogP contribution >= 0.6 is 0 Å². The summed E-state index contributed by atoms with van der Waals surface area (Å²) >= 11 is 0. The van der Waals surface area contributed by atoms with Crippen LogP contribution in [0, 0.1) is 0 Å². The highest BCUT2D eigenvalue weighted by Gasteiger charge is 2.03. The largest absolute Gasteiger partial charge is 0.368 e. The van der Waals surface area contributed by atoms with Crippen LogP contribution in [0.2, 0.25) is 0 Å². The van der Waals surface area contributed by atoms with E-state index in [-0.39, 0.29) is 5.69 Å². The number of aryl methyl sites for hydroxylation is 1. The van der Waals surface area contributed by atoms with Crippen molar-refractivity contribution in [3.63, 3.8) is 0 Å². The van der Waals surface area contributed by atoms with Crippen molar-refractivity contribution in [1.29, 1.82) is 0 Å². The molecule has 2 aromatic heterocycles. The lowest BCUT2D eigenvalue weighted by atomic mass is 10.3. The lowest BCUT2D eigenvalue weighted by molar-refractivity contribution is 0.0994. The summed E-state index contributed by atoms with van der Waals surface area (Å²) in [7, 11) is 1.88. The third-order valence-corrected chi connectivity index (χ3v) is 2.37. The summed E-state index contributed by atoms with van der Waals surface area (Å²) in [5, 5.41) is 14.9. The van der Waals surface area contributed by atoms with Crippen LogP contribution in [-0.2, 0) is 13.5 Å². The molecule has 0 bridgehead atoms. The van der Waals surface area contributed by atoms with E-state index in [9.17, 15) is 4.79 Å². The molecule has 0 aliphatic heterocycles. The van der Waals surface area contributed by atoms with Crippen LogP contribution in [0.1, 0.15) is 16.2 Å². The molecule has 2 heterocycles. The van der Waals surface area contributed by atoms with Gasteiger partial charge in [-0.05, 0) is 18.2 Å². The Morgan fingerprint density at radius 3 is 2.78 bits per heavy atom. The smallest absolute Gasteiger partial charge is 0.269 e. The summed E-state index contributed by atoms with van der Waals surface area (Å²) in [6, 6.07) is 5.17. The average molecular weight is 246 g/mol. The summed E-state index contributed by atoms with van der Waals surface area (Å²) in [5.41, 5.74) is 6.23. The van der Waals surface area contributed by atoms with Crippen LogP contribution in [-0.4, -0.2) is 32.4 Å². The maximum Gasteiger partial charge on any atom is 0.269 e. The molecule has 18 heavy (non-hydrogen) atoms. The molecule has 7 heteroatoms. The number of rotatable bonds is 5. The number of aromatic nitrogens is 4. The topological polar surface area (TPSA) is 98.7 Å². The van der Waals surface area contributed by atoms with E-state index < -0.39 is 5.91 Å². The van der Waals surface area contributed by atoms with Crippen LogP contribution in [0.25, 0.3) is 0 Å². The Bertz CT molecular complexity index is 533. The van der Waals surface area contributed by atoms with E-state index in [4.69, 9.17) is 5.73 Å². The third-order valence-electron chi connectivity index (χ3n) is 2.37. The Hall–Kier alpha value is -2.44. The van der Waals surface area contributed by atoms with E-state index in [0.29, 0.717) is 12.4 Å². The number of carbonyl (C=O) groups is 1. The first kappa shape index (κ1) is 12.0. The molecule has 0 saturated heterocycles. The molecule has 2 rings (SSSR count). The van der Waals surface area contributed by atoms with Crippen LogP contribution in [0.3, 0.4) is 0 Å². The van der Waals surface area contributed by atoms with Gasteiger partial charge in [-0.25, -0.2) is 0 Å². The number of nitrogens with zero attached hydrogens (tertiary/aromatic N) is 4. The Labute approximate surface area is 104 Å². The lowest BCUT2D eigenvalue weighted by Gasteiger charge is -2.03. The monoisotopic (exact) mass is 246 g/mol. The summed E-state index contributed by atoms with van der Waals surface area (Å²) in [6.45, 7) is 0.696. The quantitative estimate of drug-likeness (QED) is 0.771. The molecule has 2 aromatic rings. The van der Waals surface area contributed by atoms with Crippen LogP contribution < -0.4 is 11.1 Å². The standard InChI is InChI=1S/C11H14N6O/c1-17-7-5-8(16-17)4-6-13-10-3-2-9(11(12)18)14-15-10/h2-3,5,7H,4,6H2,1H3,(H2,12,18)(H,13,15). The predicted molar refractivity (Wildman–Crippen MR) is 66.0 cm³/mol. The number of hydrogen-bond acceptors (Lipinski definition) is 5. The predicted octanol–water partition coefficient (Wildman–Crippen LogP) is -0.0364. The van der Waals surface area contributed by atoms with Gasteiger partial charge in [-0.1, -0.05) is 0 Å². The molecule has 94 valence electrons. The number of carbonyl (C=O) groups excluding carboxylic acids is 1. The van der Waals surface area contributed by atoms with Gasteiger partial charge in [-0.2, -0.15) is 5.10 Å². The second-order valence-electron chi connectivity index (χ2n) is 3.83. The zero-order chi connectivity index (χ0) is 13.0. The zero-order valence-corrected chi connectivity index (χ0v) is 10.00. The number of anilines is 1. The van der Waals surface area contributed by atoms with Gasteiger partial charge in [-0.3, -0.25) is 9.48 Å². The van der Waals surface area contributed by atoms with Crippen molar-refractivity contribution >= 4 is 11.7 Å². The fourth-order valence-electron chi connectivity index (χ4n) is 1.47. The van der Waals surface area contributed by atoms with Gasteiger partial charge in [0.1, 0.15) is 5.82 Å². The van der Waals surface area contributed by atoms with E-state index >= 15 is 0 Å². The first-order valence-electron chi connectivity index (χ1n) is 5.51. The van der Waals surface area contributed by atoms with Gasteiger partial charge in [-0.15, -0.1) is 10.2 Å². The SMILES string of the molecule is Cn1ccc(CCNc2ccc(C(N)=O)nn2)n1. The Morgan fingerprint density at radius 2 is 2.22 bits per heavy atom. The van der Waals surface area contributed by atoms with Crippen molar-refractivity contribution in [2.45, 2.75) is 6.42 Å². The molecule has 3 N–H and O–H groups in total. The fraction of sp³-hybridized carbons (Fsp3) is 0.273. The second-order valence-corrected chi connectivity index (χ2v) is 3.83. The Balaban J connectivity index is 1.85. The van der Waals surface area contributed by atoms with Gasteiger partial charge >= 0.3 is 0 Å². The highest BCUT2D eigenvalue weighted by atomic mass is 16.1. The molecule has 0 aliphatic rings. The summed E-state index contributed by atoms with van der Waals surface area (Å²) in [6.07, 6.45) is 2.69. The first-order valence-corrected chi connectivity index (χ1v) is 5.51. The second kappa shape index (κ2) is 5.26. The van der Waals surface area contributed by atoms with E-state index in [1.165, 1.54) is 0 Å². The van der Waals surface area contributed by atoms with Gasteiger partial charge < -0.3 is 11.1 Å². The van der Waals surface area contributed by atoms with Crippen molar-refractivity contribution < 1.29 is 4.79 Å². The Kier molecular flexibility index (Phi) is 3.52. The molecule has 0 radical (unpaired) electrons. The number of nitrogens with one attached hydrogen (secondary N) is 1. The van der Waals surface area contributed by atoms with Crippen molar-refractivity contribution in [1.82, 2.24) is 20.0 Å². The van der Waals surface area contributed by atoms with Gasteiger partial charge in [0.25, 0.3) is 5.91 Å². The number of nitrogens with two attached hydrogens (primary N) is 1. The maximum absolute atomic E-state index is 10.8. The molecule has 7 nitrogen and oxygen atoms in total. The minimum Gasteiger partial charge on any atom is -0.368 e. The summed E-state index contributed by atoms with van der Waals surface area (Å²) < 4.78 is 1.76. The van der Waals surface area contributed by atoms with Gasteiger partial charge in [0.05, 0.1) is 5.69 Å². The zero-order valence-electron chi connectivity index (χ0n) is 10.00. The summed E-state index contributed by atoms with van der Waals surface area (Å²) in [5.74, 6) is 0.0264. The minimum atomic E-state index is -0.581. The molecule has 0 saturated carbocycles. The van der Waals surface area contributed by atoms with E-state index in [2.05, 4.69) is 20.6 Å². The van der Waals surface area contributed by atoms with Crippen LogP contribution in [0.15, 0.2) is 24.4 Å². The van der Waals surface area contributed by atoms with E-state index in [1.54, 1.807) is 16.8 Å². The molecule has 0 atom stereocenters. The molecule has 0 aliphatic carbocycles. The number of amides is 1. The molecule has 0 spiro atoms. The first-order chi connectivity index (χ1) is 8.65. The Morgan fingerprint density at radius 1 is 1.39 bits per heavy atom. The van der Waals surface area contributed by atoms with E-state index in [0.717, 1.165) is 12.1 Å². The van der Waals surface area contributed by atoms with Gasteiger partial charge in [0, 0.05) is 26.2 Å². The number of hydrogen-bond donors (Lipinski definition) is 2. The van der Waals surface area contributed by atoms with Gasteiger partial charge in [0.15, 0.2) is 5.69 Å². The van der Waals surface area contributed by atoms with E-state index in [1.807, 2.05) is 19.3 Å². The molecule has 1 amide bonds.